The van der Waals surface area contributed by atoms with Gasteiger partial charge in [0.1, 0.15) is 0 Å². The second-order valence-electron chi connectivity index (χ2n) is 7.20. The predicted octanol–water partition coefficient (Wildman–Crippen LogP) is 6.63. The third-order valence-electron chi connectivity index (χ3n) is 5.61. The average Bonchev–Trinajstić information content (AvgIpc) is 2.55. The van der Waals surface area contributed by atoms with Crippen LogP contribution < -0.4 is 5.30 Å². The van der Waals surface area contributed by atoms with Gasteiger partial charge in [0.05, 0.1) is 0 Å². The number of benzene rings is 1. The molecule has 0 amide bonds. The van der Waals surface area contributed by atoms with E-state index in [9.17, 15) is 0 Å². The van der Waals surface area contributed by atoms with Gasteiger partial charge >= 0.3 is 0 Å². The highest BCUT2D eigenvalue weighted by Crippen LogP contribution is 2.48. The molecule has 1 saturated carbocycles. The van der Waals surface area contributed by atoms with Crippen molar-refractivity contribution in [2.45, 2.75) is 91.1 Å². The lowest BCUT2D eigenvalue weighted by Crippen LogP contribution is -2.21. The zero-order valence-corrected chi connectivity index (χ0v) is 16.1. The van der Waals surface area contributed by atoms with Crippen molar-refractivity contribution in [1.29, 1.82) is 0 Å². The van der Waals surface area contributed by atoms with Crippen LogP contribution in [0.1, 0.15) is 81.4 Å². The molecule has 22 heavy (non-hydrogen) atoms. The first kappa shape index (κ1) is 18.0. The van der Waals surface area contributed by atoms with Crippen LogP contribution in [0.3, 0.4) is 0 Å². The average molecular weight is 318 g/mol. The van der Waals surface area contributed by atoms with Crippen molar-refractivity contribution in [3.63, 3.8) is 0 Å². The summed E-state index contributed by atoms with van der Waals surface area (Å²) in [5.74, 6) is 0. The van der Waals surface area contributed by atoms with Gasteiger partial charge in [-0.15, -0.1) is 0 Å². The monoisotopic (exact) mass is 318 g/mol. The van der Waals surface area contributed by atoms with E-state index in [1.807, 2.05) is 0 Å². The summed E-state index contributed by atoms with van der Waals surface area (Å²) in [6.07, 6.45) is 14.5. The van der Waals surface area contributed by atoms with Crippen molar-refractivity contribution in [2.24, 2.45) is 0 Å². The van der Waals surface area contributed by atoms with Crippen molar-refractivity contribution in [1.82, 2.24) is 0 Å². The van der Waals surface area contributed by atoms with Crippen LogP contribution in [0.5, 0.6) is 0 Å². The van der Waals surface area contributed by atoms with Crippen molar-refractivity contribution >= 4 is 13.2 Å². The highest BCUT2D eigenvalue weighted by Gasteiger charge is 2.25. The third kappa shape index (κ3) is 4.58. The van der Waals surface area contributed by atoms with E-state index >= 15 is 0 Å². The molecule has 1 aliphatic carbocycles. The van der Waals surface area contributed by atoms with E-state index in [0.29, 0.717) is 0 Å². The Labute approximate surface area is 139 Å². The SMILES string of the molecule is CCCCCCP(c1ccc(C)c(C)c1C)C1CCCCC1. The Hall–Kier alpha value is -0.350. The summed E-state index contributed by atoms with van der Waals surface area (Å²) < 4.78 is 0. The zero-order valence-electron chi connectivity index (χ0n) is 15.3. The molecule has 0 spiro atoms. The molecule has 0 aromatic heterocycles. The van der Waals surface area contributed by atoms with Gasteiger partial charge in [-0.05, 0) is 73.8 Å². The summed E-state index contributed by atoms with van der Waals surface area (Å²) in [6.45, 7) is 9.27. The predicted molar refractivity (Wildman–Crippen MR) is 103 cm³/mol. The van der Waals surface area contributed by atoms with Gasteiger partial charge in [-0.2, -0.15) is 0 Å². The molecular weight excluding hydrogens is 283 g/mol. The van der Waals surface area contributed by atoms with E-state index in [1.54, 1.807) is 10.9 Å². The first-order valence-corrected chi connectivity index (χ1v) is 11.1. The van der Waals surface area contributed by atoms with E-state index in [-0.39, 0.29) is 7.92 Å². The van der Waals surface area contributed by atoms with Gasteiger partial charge in [0.25, 0.3) is 0 Å². The Balaban J connectivity index is 2.17. The quantitative estimate of drug-likeness (QED) is 0.391. The van der Waals surface area contributed by atoms with Crippen LogP contribution in [0, 0.1) is 20.8 Å². The van der Waals surface area contributed by atoms with Crippen LogP contribution in [-0.4, -0.2) is 11.8 Å². The van der Waals surface area contributed by atoms with Crippen molar-refractivity contribution in [3.05, 3.63) is 28.8 Å². The lowest BCUT2D eigenvalue weighted by atomic mass is 10.0. The van der Waals surface area contributed by atoms with Crippen molar-refractivity contribution in [3.8, 4) is 0 Å². The number of rotatable bonds is 7. The van der Waals surface area contributed by atoms with Gasteiger partial charge in [-0.3, -0.25) is 0 Å². The molecule has 1 atom stereocenters. The Morgan fingerprint density at radius 1 is 0.909 bits per heavy atom. The standard InChI is InChI=1S/C21H35P/c1-5-6-7-11-16-22(20-12-9-8-10-13-20)21-15-14-17(2)18(3)19(21)4/h14-15,20H,5-13,16H2,1-4H3. The maximum atomic E-state index is 2.48. The van der Waals surface area contributed by atoms with Gasteiger partial charge in [0, 0.05) is 0 Å². The number of aryl methyl sites for hydroxylation is 1. The molecule has 1 aromatic rings. The molecule has 0 aliphatic heterocycles. The van der Waals surface area contributed by atoms with E-state index in [4.69, 9.17) is 0 Å². The largest absolute Gasteiger partial charge is 0.0718 e. The third-order valence-corrected chi connectivity index (χ3v) is 8.91. The first-order chi connectivity index (χ1) is 10.6. The number of unbranched alkanes of at least 4 members (excludes halogenated alkanes) is 3. The minimum Gasteiger partial charge on any atom is -0.0718 e. The normalized spacial score (nSPS) is 17.6. The maximum absolute atomic E-state index is 2.48. The summed E-state index contributed by atoms with van der Waals surface area (Å²) in [6, 6.07) is 4.86. The molecule has 0 saturated heterocycles. The molecule has 1 fully saturated rings. The summed E-state index contributed by atoms with van der Waals surface area (Å²) in [4.78, 5) is 0. The van der Waals surface area contributed by atoms with E-state index in [1.165, 1.54) is 75.1 Å². The van der Waals surface area contributed by atoms with E-state index in [0.717, 1.165) is 5.66 Å². The van der Waals surface area contributed by atoms with Crippen molar-refractivity contribution < 1.29 is 0 Å². The van der Waals surface area contributed by atoms with Crippen LogP contribution >= 0.6 is 7.92 Å². The van der Waals surface area contributed by atoms with Gasteiger partial charge in [-0.25, -0.2) is 0 Å². The maximum Gasteiger partial charge on any atom is -0.0169 e. The lowest BCUT2D eigenvalue weighted by Gasteiger charge is -2.33. The fourth-order valence-electron chi connectivity index (χ4n) is 3.85. The molecule has 1 heteroatoms. The highest BCUT2D eigenvalue weighted by atomic mass is 31.1. The van der Waals surface area contributed by atoms with Gasteiger partial charge in [0.15, 0.2) is 0 Å². The molecule has 0 nitrogen and oxygen atoms in total. The van der Waals surface area contributed by atoms with Crippen LogP contribution in [0.4, 0.5) is 0 Å². The minimum absolute atomic E-state index is 0.0600. The van der Waals surface area contributed by atoms with E-state index in [2.05, 4.69) is 39.8 Å². The minimum atomic E-state index is 0.0600. The molecule has 1 aromatic carbocycles. The first-order valence-electron chi connectivity index (χ1n) is 9.48. The number of hydrogen-bond donors (Lipinski definition) is 0. The van der Waals surface area contributed by atoms with Crippen LogP contribution in [-0.2, 0) is 0 Å². The summed E-state index contributed by atoms with van der Waals surface area (Å²) in [5.41, 5.74) is 5.61. The summed E-state index contributed by atoms with van der Waals surface area (Å²) in [5, 5.41) is 1.74. The molecule has 0 bridgehead atoms. The second kappa shape index (κ2) is 9.07. The summed E-state index contributed by atoms with van der Waals surface area (Å²) >= 11 is 0. The smallest absolute Gasteiger partial charge is 0.0169 e. The van der Waals surface area contributed by atoms with E-state index < -0.39 is 0 Å². The summed E-state index contributed by atoms with van der Waals surface area (Å²) in [7, 11) is 0.0600. The Morgan fingerprint density at radius 2 is 1.64 bits per heavy atom. The highest BCUT2D eigenvalue weighted by molar-refractivity contribution is 7.66. The fourth-order valence-corrected chi connectivity index (χ4v) is 7.27. The van der Waals surface area contributed by atoms with Crippen LogP contribution in [0.25, 0.3) is 0 Å². The molecule has 1 aliphatic rings. The molecular formula is C21H35P. The molecule has 124 valence electrons. The van der Waals surface area contributed by atoms with Crippen LogP contribution in [0.2, 0.25) is 0 Å². The van der Waals surface area contributed by atoms with Gasteiger partial charge < -0.3 is 0 Å². The Morgan fingerprint density at radius 3 is 2.32 bits per heavy atom. The molecule has 0 radical (unpaired) electrons. The van der Waals surface area contributed by atoms with Crippen molar-refractivity contribution in [2.75, 3.05) is 6.16 Å². The molecule has 1 unspecified atom stereocenters. The Bertz CT molecular complexity index is 457. The molecule has 0 N–H and O–H groups in total. The lowest BCUT2D eigenvalue weighted by molar-refractivity contribution is 0.511. The number of hydrogen-bond acceptors (Lipinski definition) is 0. The topological polar surface area (TPSA) is 0 Å². The van der Waals surface area contributed by atoms with Gasteiger partial charge in [0.2, 0.25) is 0 Å². The molecule has 2 rings (SSSR count). The Kier molecular flexibility index (Phi) is 7.42. The fraction of sp³-hybridized carbons (Fsp3) is 0.714. The second-order valence-corrected chi connectivity index (χ2v) is 9.80. The molecule has 0 heterocycles. The zero-order chi connectivity index (χ0) is 15.9. The van der Waals surface area contributed by atoms with Crippen LogP contribution in [0.15, 0.2) is 12.1 Å². The van der Waals surface area contributed by atoms with Gasteiger partial charge in [-0.1, -0.05) is 65.5 Å².